The Morgan fingerprint density at radius 2 is 1.89 bits per heavy atom. The Balaban J connectivity index is 2.13. The molecule has 0 saturated carbocycles. The number of benzene rings is 2. The maximum absolute atomic E-state index is 10.8. The molecule has 2 aromatic carbocycles. The third-order valence-electron chi connectivity index (χ3n) is 2.79. The van der Waals surface area contributed by atoms with Crippen LogP contribution in [0.1, 0.15) is 11.1 Å². The highest BCUT2D eigenvalue weighted by Gasteiger charge is 2.14. The van der Waals surface area contributed by atoms with Crippen molar-refractivity contribution >= 4 is 27.3 Å². The highest BCUT2D eigenvalue weighted by molar-refractivity contribution is 9.10. The van der Waals surface area contributed by atoms with Crippen LogP contribution in [0.5, 0.6) is 0 Å². The van der Waals surface area contributed by atoms with Crippen molar-refractivity contribution in [3.8, 4) is 0 Å². The second kappa shape index (κ2) is 5.84. The highest BCUT2D eigenvalue weighted by atomic mass is 79.9. The lowest BCUT2D eigenvalue weighted by Crippen LogP contribution is -2.01. The van der Waals surface area contributed by atoms with Crippen LogP contribution >= 0.6 is 15.9 Å². The molecular weight excluding hydrogens is 308 g/mol. The number of nitrogens with zero attached hydrogens (tertiary/aromatic N) is 1. The zero-order valence-corrected chi connectivity index (χ0v) is 12.0. The van der Waals surface area contributed by atoms with E-state index >= 15 is 0 Å². The smallest absolute Gasteiger partial charge is 0.283 e. The summed E-state index contributed by atoms with van der Waals surface area (Å²) in [4.78, 5) is 10.5. The van der Waals surface area contributed by atoms with Crippen LogP contribution in [0.4, 0.5) is 11.4 Å². The normalized spacial score (nSPS) is 10.2. The Kier molecular flexibility index (Phi) is 4.16. The third kappa shape index (κ3) is 3.32. The molecular formula is C14H13BrN2O2. The molecule has 0 saturated heterocycles. The molecule has 0 aliphatic rings. The predicted molar refractivity (Wildman–Crippen MR) is 79.3 cm³/mol. The molecule has 0 fully saturated rings. The first-order valence-electron chi connectivity index (χ1n) is 5.80. The second-order valence-corrected chi connectivity index (χ2v) is 5.02. The van der Waals surface area contributed by atoms with Crippen LogP contribution in [0.2, 0.25) is 0 Å². The first kappa shape index (κ1) is 13.5. The van der Waals surface area contributed by atoms with Crippen molar-refractivity contribution in [3.63, 3.8) is 0 Å². The molecule has 0 unspecified atom stereocenters. The van der Waals surface area contributed by atoms with Crippen LogP contribution in [0.3, 0.4) is 0 Å². The van der Waals surface area contributed by atoms with Gasteiger partial charge in [-0.05, 0) is 40.5 Å². The lowest BCUT2D eigenvalue weighted by molar-refractivity contribution is -0.385. The highest BCUT2D eigenvalue weighted by Crippen LogP contribution is 2.28. The lowest BCUT2D eigenvalue weighted by atomic mass is 10.2. The van der Waals surface area contributed by atoms with Gasteiger partial charge in [0.25, 0.3) is 5.69 Å². The zero-order valence-electron chi connectivity index (χ0n) is 10.4. The number of anilines is 1. The molecule has 2 aromatic rings. The van der Waals surface area contributed by atoms with E-state index in [4.69, 9.17) is 0 Å². The Labute approximate surface area is 119 Å². The monoisotopic (exact) mass is 320 g/mol. The van der Waals surface area contributed by atoms with E-state index in [0.717, 1.165) is 11.3 Å². The molecule has 0 heterocycles. The minimum atomic E-state index is -0.389. The van der Waals surface area contributed by atoms with Gasteiger partial charge in [-0.1, -0.05) is 29.8 Å². The molecule has 5 heteroatoms. The van der Waals surface area contributed by atoms with Gasteiger partial charge in [0.1, 0.15) is 4.47 Å². The van der Waals surface area contributed by atoms with Crippen LogP contribution in [0, 0.1) is 17.0 Å². The molecule has 1 N–H and O–H groups in total. The van der Waals surface area contributed by atoms with Gasteiger partial charge in [0, 0.05) is 18.3 Å². The summed E-state index contributed by atoms with van der Waals surface area (Å²) in [6, 6.07) is 13.0. The van der Waals surface area contributed by atoms with Gasteiger partial charge in [0.15, 0.2) is 0 Å². The molecule has 0 bridgehead atoms. The average Bonchev–Trinajstić information content (AvgIpc) is 2.39. The number of hydrogen-bond donors (Lipinski definition) is 1. The van der Waals surface area contributed by atoms with E-state index in [1.807, 2.05) is 37.3 Å². The Morgan fingerprint density at radius 1 is 1.21 bits per heavy atom. The van der Waals surface area contributed by atoms with Crippen LogP contribution in [0.25, 0.3) is 0 Å². The zero-order chi connectivity index (χ0) is 13.8. The molecule has 0 radical (unpaired) electrons. The van der Waals surface area contributed by atoms with Gasteiger partial charge < -0.3 is 5.32 Å². The maximum Gasteiger partial charge on any atom is 0.283 e. The summed E-state index contributed by atoms with van der Waals surface area (Å²) >= 11 is 3.29. The number of nitro benzene ring substituents is 1. The topological polar surface area (TPSA) is 55.2 Å². The number of rotatable bonds is 4. The number of halogens is 1. The van der Waals surface area contributed by atoms with E-state index in [9.17, 15) is 10.1 Å². The summed E-state index contributed by atoms with van der Waals surface area (Å²) < 4.78 is 0.527. The molecule has 2 rings (SSSR count). The minimum absolute atomic E-state index is 0.0863. The van der Waals surface area contributed by atoms with Crippen LogP contribution in [-0.2, 0) is 6.54 Å². The number of nitrogens with one attached hydrogen (secondary N) is 1. The van der Waals surface area contributed by atoms with Crippen LogP contribution in [0.15, 0.2) is 46.9 Å². The molecule has 0 aromatic heterocycles. The summed E-state index contributed by atoms with van der Waals surface area (Å²) in [5, 5.41) is 14.1. The molecule has 19 heavy (non-hydrogen) atoms. The van der Waals surface area contributed by atoms with Gasteiger partial charge in [0.05, 0.1) is 4.92 Å². The fourth-order valence-corrected chi connectivity index (χ4v) is 2.26. The molecule has 0 aliphatic carbocycles. The molecule has 0 spiro atoms. The number of nitro groups is 1. The Hall–Kier alpha value is -1.88. The maximum atomic E-state index is 10.8. The number of hydrogen-bond acceptors (Lipinski definition) is 3. The van der Waals surface area contributed by atoms with Crippen molar-refractivity contribution in [2.45, 2.75) is 13.5 Å². The minimum Gasteiger partial charge on any atom is -0.381 e. The van der Waals surface area contributed by atoms with Gasteiger partial charge in [-0.3, -0.25) is 10.1 Å². The van der Waals surface area contributed by atoms with E-state index in [1.165, 1.54) is 11.6 Å². The summed E-state index contributed by atoms with van der Waals surface area (Å²) in [5.41, 5.74) is 3.13. The fourth-order valence-electron chi connectivity index (χ4n) is 1.71. The first-order valence-corrected chi connectivity index (χ1v) is 6.59. The van der Waals surface area contributed by atoms with Crippen LogP contribution < -0.4 is 5.32 Å². The van der Waals surface area contributed by atoms with Crippen molar-refractivity contribution in [2.75, 3.05) is 5.32 Å². The summed E-state index contributed by atoms with van der Waals surface area (Å²) in [6.07, 6.45) is 0. The first-order chi connectivity index (χ1) is 9.08. The number of aryl methyl sites for hydroxylation is 1. The van der Waals surface area contributed by atoms with Crippen molar-refractivity contribution in [3.05, 3.63) is 68.2 Å². The SMILES string of the molecule is Cc1ccc(NCc2cccc([N+](=O)[O-])c2Br)cc1. The second-order valence-electron chi connectivity index (χ2n) is 4.23. The molecule has 0 atom stereocenters. The fraction of sp³-hybridized carbons (Fsp3) is 0.143. The van der Waals surface area contributed by atoms with E-state index in [2.05, 4.69) is 21.2 Å². The lowest BCUT2D eigenvalue weighted by Gasteiger charge is -2.08. The third-order valence-corrected chi connectivity index (χ3v) is 3.71. The van der Waals surface area contributed by atoms with E-state index in [1.54, 1.807) is 6.07 Å². The van der Waals surface area contributed by atoms with Gasteiger partial charge in [0.2, 0.25) is 0 Å². The van der Waals surface area contributed by atoms with Gasteiger partial charge in [-0.2, -0.15) is 0 Å². The van der Waals surface area contributed by atoms with Gasteiger partial charge in [-0.25, -0.2) is 0 Å². The average molecular weight is 321 g/mol. The standard InChI is InChI=1S/C14H13BrN2O2/c1-10-5-7-12(8-6-10)16-9-11-3-2-4-13(14(11)15)17(18)19/h2-8,16H,9H2,1H3. The Morgan fingerprint density at radius 3 is 2.53 bits per heavy atom. The van der Waals surface area contributed by atoms with E-state index < -0.39 is 0 Å². The quantitative estimate of drug-likeness (QED) is 0.675. The van der Waals surface area contributed by atoms with Crippen molar-refractivity contribution in [2.24, 2.45) is 0 Å². The van der Waals surface area contributed by atoms with Gasteiger partial charge in [-0.15, -0.1) is 0 Å². The Bertz CT molecular complexity index is 597. The molecule has 0 aliphatic heterocycles. The van der Waals surface area contributed by atoms with Crippen molar-refractivity contribution < 1.29 is 4.92 Å². The summed E-state index contributed by atoms with van der Waals surface area (Å²) in [6.45, 7) is 2.56. The van der Waals surface area contributed by atoms with Gasteiger partial charge >= 0.3 is 0 Å². The molecule has 98 valence electrons. The largest absolute Gasteiger partial charge is 0.381 e. The van der Waals surface area contributed by atoms with E-state index in [0.29, 0.717) is 11.0 Å². The summed E-state index contributed by atoms with van der Waals surface area (Å²) in [5.74, 6) is 0. The molecule has 4 nitrogen and oxygen atoms in total. The van der Waals surface area contributed by atoms with Crippen molar-refractivity contribution in [1.29, 1.82) is 0 Å². The van der Waals surface area contributed by atoms with Crippen LogP contribution in [-0.4, -0.2) is 4.92 Å². The summed E-state index contributed by atoms with van der Waals surface area (Å²) in [7, 11) is 0. The predicted octanol–water partition coefficient (Wildman–Crippen LogP) is 4.28. The molecule has 0 amide bonds. The van der Waals surface area contributed by atoms with E-state index in [-0.39, 0.29) is 10.6 Å². The van der Waals surface area contributed by atoms with Crippen molar-refractivity contribution in [1.82, 2.24) is 0 Å².